The van der Waals surface area contributed by atoms with Gasteiger partial charge in [-0.25, -0.2) is 13.4 Å². The predicted molar refractivity (Wildman–Crippen MR) is 239 cm³/mol. The highest BCUT2D eigenvalue weighted by atomic mass is 35.5. The van der Waals surface area contributed by atoms with Gasteiger partial charge in [-0.3, -0.25) is 19.1 Å². The van der Waals surface area contributed by atoms with Crippen molar-refractivity contribution in [2.24, 2.45) is 11.3 Å². The average molecular weight is 927 g/mol. The van der Waals surface area contributed by atoms with Crippen LogP contribution in [0.1, 0.15) is 90.0 Å². The molecule has 0 spiro atoms. The molecule has 3 fully saturated rings. The number of benzene rings is 2. The minimum absolute atomic E-state index is 0.0647. The maximum atomic E-state index is 15.0. The number of nitrogens with one attached hydrogen (secondary N) is 4. The third-order valence-electron chi connectivity index (χ3n) is 12.6. The number of amides is 3. The van der Waals surface area contributed by atoms with Crippen LogP contribution in [0.15, 0.2) is 61.2 Å². The number of likely N-dealkylation sites (tertiary alicyclic amines) is 1. The van der Waals surface area contributed by atoms with Gasteiger partial charge in [-0.05, 0) is 86.9 Å². The summed E-state index contributed by atoms with van der Waals surface area (Å²) >= 11 is 6.14. The summed E-state index contributed by atoms with van der Waals surface area (Å²) in [5.41, 5.74) is -0.0722. The monoisotopic (exact) mass is 926 g/mol. The first-order valence-electron chi connectivity index (χ1n) is 21.1. The zero-order chi connectivity index (χ0) is 46.9. The first-order chi connectivity index (χ1) is 29.8. The van der Waals surface area contributed by atoms with E-state index in [0.717, 1.165) is 29.1 Å². The van der Waals surface area contributed by atoms with Crippen molar-refractivity contribution in [2.45, 2.75) is 115 Å². The van der Waals surface area contributed by atoms with Gasteiger partial charge in [0.05, 0.1) is 40.9 Å². The van der Waals surface area contributed by atoms with Gasteiger partial charge in [0, 0.05) is 45.8 Å². The van der Waals surface area contributed by atoms with E-state index >= 15 is 4.79 Å². The van der Waals surface area contributed by atoms with Crippen molar-refractivity contribution in [3.05, 3.63) is 83.0 Å². The molecule has 3 heterocycles. The number of sulfonamides is 1. The van der Waals surface area contributed by atoms with Gasteiger partial charge in [-0.1, -0.05) is 52.3 Å². The van der Waals surface area contributed by atoms with E-state index in [1.54, 1.807) is 40.0 Å². The summed E-state index contributed by atoms with van der Waals surface area (Å²) in [7, 11) is -2.52. The molecule has 3 aliphatic rings. The molecule has 2 aliphatic carbocycles. The minimum Gasteiger partial charge on any atom is -0.496 e. The zero-order valence-corrected chi connectivity index (χ0v) is 38.6. The molecule has 18 heteroatoms. The summed E-state index contributed by atoms with van der Waals surface area (Å²) in [6.45, 7) is 16.4. The van der Waals surface area contributed by atoms with Gasteiger partial charge in [0.2, 0.25) is 21.8 Å². The Morgan fingerprint density at radius 3 is 2.34 bits per heavy atom. The van der Waals surface area contributed by atoms with Crippen LogP contribution in [-0.2, 0) is 30.6 Å². The summed E-state index contributed by atoms with van der Waals surface area (Å²) in [5, 5.41) is 6.20. The van der Waals surface area contributed by atoms with Gasteiger partial charge < -0.3 is 30.0 Å². The number of methoxy groups -OCH3 is 1. The fourth-order valence-electron chi connectivity index (χ4n) is 8.22. The third-order valence-corrected chi connectivity index (χ3v) is 15.0. The lowest BCUT2D eigenvalue weighted by Gasteiger charge is -2.36. The summed E-state index contributed by atoms with van der Waals surface area (Å²) in [5.74, 6) is -1.71. The molecule has 7 rings (SSSR count). The van der Waals surface area contributed by atoms with Crippen molar-refractivity contribution >= 4 is 55.9 Å². The Kier molecular flexibility index (Phi) is 12.1. The van der Waals surface area contributed by atoms with E-state index < -0.39 is 79.3 Å². The molecule has 1 aliphatic heterocycles. The standard InChI is InChI=1S/C46H54ClF3N6O7S/c1-10-26-22-45(26,42(59)55-64(60,61)44(8)15-16-44)54-40(57)35-20-30(23-56(35)41(58)39(43(5,6)7)51-29-18-27(46(48,49)50)17-28(47)19-29)63-37-21-34(33-13-12-32(52-33)24(2)3)53-38-25(4)36(62-9)14-11-31(37)38/h10-14,17-19,21,24,26,30,35,39,51-52H,1,15-16,20,22-23H2,2-9H3,(H,54,57)(H,55,59). The highest BCUT2D eigenvalue weighted by Crippen LogP contribution is 2.47. The van der Waals surface area contributed by atoms with E-state index in [0.29, 0.717) is 40.9 Å². The number of alkyl halides is 3. The van der Waals surface area contributed by atoms with Crippen molar-refractivity contribution < 1.29 is 45.4 Å². The van der Waals surface area contributed by atoms with Gasteiger partial charge in [0.1, 0.15) is 35.2 Å². The van der Waals surface area contributed by atoms with Crippen LogP contribution in [0.4, 0.5) is 18.9 Å². The molecule has 4 aromatic rings. The quantitative estimate of drug-likeness (QED) is 0.0909. The molecule has 13 nitrogen and oxygen atoms in total. The number of carbonyl (C=O) groups excluding carboxylic acids is 3. The van der Waals surface area contributed by atoms with Gasteiger partial charge in [-0.2, -0.15) is 13.2 Å². The largest absolute Gasteiger partial charge is 0.496 e. The Bertz CT molecular complexity index is 2640. The Balaban J connectivity index is 1.27. The van der Waals surface area contributed by atoms with Crippen LogP contribution < -0.4 is 24.8 Å². The molecule has 1 saturated heterocycles. The Morgan fingerprint density at radius 1 is 1.06 bits per heavy atom. The summed E-state index contributed by atoms with van der Waals surface area (Å²) in [6, 6.07) is 9.70. The number of ether oxygens (including phenoxy) is 2. The summed E-state index contributed by atoms with van der Waals surface area (Å²) < 4.78 is 81.5. The van der Waals surface area contributed by atoms with E-state index in [-0.39, 0.29) is 36.0 Å². The molecule has 4 N–H and O–H groups in total. The molecule has 2 aromatic heterocycles. The Morgan fingerprint density at radius 2 is 1.77 bits per heavy atom. The zero-order valence-electron chi connectivity index (χ0n) is 37.0. The Labute approximate surface area is 375 Å². The predicted octanol–water partition coefficient (Wildman–Crippen LogP) is 8.28. The van der Waals surface area contributed by atoms with Gasteiger partial charge in [0.15, 0.2) is 0 Å². The second kappa shape index (κ2) is 16.6. The fourth-order valence-corrected chi connectivity index (χ4v) is 9.77. The van der Waals surface area contributed by atoms with Crippen molar-refractivity contribution in [3.8, 4) is 22.9 Å². The molecule has 64 heavy (non-hydrogen) atoms. The molecule has 0 bridgehead atoms. The number of hydrogen-bond donors (Lipinski definition) is 4. The normalized spacial score (nSPS) is 22.2. The molecule has 5 atom stereocenters. The average Bonchev–Trinajstić information content (AvgIpc) is 3.99. The first-order valence-corrected chi connectivity index (χ1v) is 23.0. The number of aromatic nitrogens is 2. The maximum absolute atomic E-state index is 15.0. The number of aromatic amines is 1. The Hall–Kier alpha value is -5.29. The van der Waals surface area contributed by atoms with Crippen LogP contribution in [0.5, 0.6) is 11.5 Å². The number of hydrogen-bond acceptors (Lipinski definition) is 9. The minimum atomic E-state index is -4.73. The lowest BCUT2D eigenvalue weighted by Crippen LogP contribution is -2.59. The number of carbonyl (C=O) groups is 3. The van der Waals surface area contributed by atoms with Crippen LogP contribution in [0.25, 0.3) is 22.3 Å². The summed E-state index contributed by atoms with van der Waals surface area (Å²) in [6.07, 6.45) is -3.36. The molecule has 2 aromatic carbocycles. The topological polar surface area (TPSA) is 172 Å². The third kappa shape index (κ3) is 9.02. The van der Waals surface area contributed by atoms with E-state index in [2.05, 4.69) is 40.8 Å². The number of rotatable bonds is 14. The first kappa shape index (κ1) is 46.7. The maximum Gasteiger partial charge on any atom is 0.416 e. The van der Waals surface area contributed by atoms with E-state index in [9.17, 15) is 31.2 Å². The molecule has 5 unspecified atom stereocenters. The van der Waals surface area contributed by atoms with Crippen LogP contribution >= 0.6 is 11.6 Å². The number of anilines is 1. The second-order valence-electron chi connectivity index (χ2n) is 18.8. The molecular formula is C46H54ClF3N6O7S. The molecule has 0 radical (unpaired) electrons. The summed E-state index contributed by atoms with van der Waals surface area (Å²) in [4.78, 5) is 53.3. The molecule has 3 amide bonds. The van der Waals surface area contributed by atoms with E-state index in [1.807, 2.05) is 25.1 Å². The van der Waals surface area contributed by atoms with Crippen LogP contribution in [0, 0.1) is 18.3 Å². The highest BCUT2D eigenvalue weighted by Gasteiger charge is 2.63. The molecule has 344 valence electrons. The van der Waals surface area contributed by atoms with E-state index in [4.69, 9.17) is 26.1 Å². The van der Waals surface area contributed by atoms with Crippen LogP contribution in [-0.4, -0.2) is 83.1 Å². The van der Waals surface area contributed by atoms with Gasteiger partial charge in [0.25, 0.3) is 5.91 Å². The molecule has 2 saturated carbocycles. The number of H-pyrrole nitrogens is 1. The SMILES string of the molecule is C=CC1CC1(NC(=O)C1CC(Oc2cc(-c3ccc(C(C)C)[nH]3)nc3c(C)c(OC)ccc23)CN1C(=O)C(Nc1cc(Cl)cc(C(F)(F)F)c1)C(C)(C)C)C(=O)NS(=O)(=O)C1(C)CC1. The van der Waals surface area contributed by atoms with E-state index in [1.165, 1.54) is 24.0 Å². The number of aryl methyl sites for hydroxylation is 1. The van der Waals surface area contributed by atoms with Gasteiger partial charge >= 0.3 is 6.18 Å². The lowest BCUT2D eigenvalue weighted by molar-refractivity contribution is -0.141. The molecular weight excluding hydrogens is 873 g/mol. The van der Waals surface area contributed by atoms with Crippen LogP contribution in [0.3, 0.4) is 0 Å². The number of fused-ring (bicyclic) bond motifs is 1. The van der Waals surface area contributed by atoms with Gasteiger partial charge in [-0.15, -0.1) is 6.58 Å². The number of nitrogens with zero attached hydrogens (tertiary/aromatic N) is 2. The number of halogens is 4. The van der Waals surface area contributed by atoms with Crippen molar-refractivity contribution in [1.29, 1.82) is 0 Å². The fraction of sp³-hybridized carbons (Fsp3) is 0.478. The smallest absolute Gasteiger partial charge is 0.416 e. The second-order valence-corrected chi connectivity index (χ2v) is 21.5. The van der Waals surface area contributed by atoms with Crippen LogP contribution in [0.2, 0.25) is 5.02 Å². The lowest BCUT2D eigenvalue weighted by atomic mass is 9.85. The van der Waals surface area contributed by atoms with Crippen molar-refractivity contribution in [1.82, 2.24) is 24.9 Å². The van der Waals surface area contributed by atoms with Crippen molar-refractivity contribution in [2.75, 3.05) is 19.0 Å². The van der Waals surface area contributed by atoms with Crippen molar-refractivity contribution in [3.63, 3.8) is 0 Å². The highest BCUT2D eigenvalue weighted by molar-refractivity contribution is 7.91. The number of pyridine rings is 1.